The molecule has 2 unspecified atom stereocenters. The lowest BCUT2D eigenvalue weighted by Crippen LogP contribution is -2.06. The summed E-state index contributed by atoms with van der Waals surface area (Å²) in [6, 6.07) is 3.95. The van der Waals surface area contributed by atoms with Gasteiger partial charge in [0.25, 0.3) is 0 Å². The standard InChI is InChI=1S/C35H27IN10O2S6/c1-2-3-8-53(47)34-27(37)25-18(11-20(43-32(25)51-34)30-39-6-7-49-30)22-13-41-23(14-40-22)24-15-50-31(45-24)21-10-17-19-12-38-16-42-29(19)46-28-26(17)33(44-21)52-35(28)54(48)9-4-5-36/h6-7,10-16H,2-5,8-9,37H2,1H3,(H,38,42,46). The quantitative estimate of drug-likeness (QED) is 0.0879. The fraction of sp³-hybridized carbons (Fsp3) is 0.200. The van der Waals surface area contributed by atoms with Crippen molar-refractivity contribution in [2.45, 2.75) is 34.6 Å². The number of alkyl halides is 1. The molecule has 0 aliphatic carbocycles. The van der Waals surface area contributed by atoms with Gasteiger partial charge in [-0.25, -0.2) is 29.9 Å². The first kappa shape index (κ1) is 35.9. The molecule has 0 saturated carbocycles. The molecule has 54 heavy (non-hydrogen) atoms. The van der Waals surface area contributed by atoms with Crippen molar-refractivity contribution in [3.8, 4) is 55.2 Å². The maximum Gasteiger partial charge on any atom is 0.142 e. The predicted octanol–water partition coefficient (Wildman–Crippen LogP) is 9.21. The number of thiazole rings is 2. The number of nitrogens with zero attached hydrogens (tertiary/aromatic N) is 8. The minimum Gasteiger partial charge on any atom is -0.396 e. The Morgan fingerprint density at radius 2 is 1.50 bits per heavy atom. The Kier molecular flexibility index (Phi) is 10.0. The molecule has 0 radical (unpaired) electrons. The molecule has 0 saturated heterocycles. The van der Waals surface area contributed by atoms with Crippen LogP contribution < -0.4 is 11.1 Å². The number of fused-ring (bicyclic) bond motifs is 3. The Balaban J connectivity index is 1.08. The molecule has 1 aliphatic heterocycles. The van der Waals surface area contributed by atoms with Crippen LogP contribution in [0.1, 0.15) is 26.2 Å². The van der Waals surface area contributed by atoms with Crippen molar-refractivity contribution < 1.29 is 8.42 Å². The number of hydrogen-bond donors (Lipinski definition) is 2. The number of anilines is 3. The molecule has 12 nitrogen and oxygen atoms in total. The van der Waals surface area contributed by atoms with Gasteiger partial charge < -0.3 is 11.1 Å². The lowest BCUT2D eigenvalue weighted by molar-refractivity contribution is 0.681. The molecular weight excluding hydrogens is 912 g/mol. The van der Waals surface area contributed by atoms with Gasteiger partial charge in [-0.1, -0.05) is 35.9 Å². The highest BCUT2D eigenvalue weighted by atomic mass is 127. The van der Waals surface area contributed by atoms with E-state index >= 15 is 0 Å². The van der Waals surface area contributed by atoms with E-state index < -0.39 is 21.6 Å². The number of aromatic nitrogens is 8. The van der Waals surface area contributed by atoms with E-state index in [0.29, 0.717) is 65.5 Å². The summed E-state index contributed by atoms with van der Waals surface area (Å²) in [4.78, 5) is 39.2. The van der Waals surface area contributed by atoms with Gasteiger partial charge in [0.2, 0.25) is 0 Å². The average Bonchev–Trinajstić information content (AvgIpc) is 4.03. The fourth-order valence-corrected chi connectivity index (χ4v) is 13.9. The largest absolute Gasteiger partial charge is 0.396 e. The van der Waals surface area contributed by atoms with Crippen LogP contribution in [0.3, 0.4) is 0 Å². The Morgan fingerprint density at radius 3 is 2.28 bits per heavy atom. The summed E-state index contributed by atoms with van der Waals surface area (Å²) in [7, 11) is -2.40. The topological polar surface area (TPSA) is 175 Å². The van der Waals surface area contributed by atoms with E-state index in [-0.39, 0.29) is 0 Å². The minimum absolute atomic E-state index is 0.470. The van der Waals surface area contributed by atoms with E-state index in [4.69, 9.17) is 30.7 Å². The zero-order valence-corrected chi connectivity index (χ0v) is 35.3. The molecule has 0 fully saturated rings. The third-order valence-electron chi connectivity index (χ3n) is 8.67. The number of nitrogens with two attached hydrogens (primary N) is 1. The van der Waals surface area contributed by atoms with E-state index in [0.717, 1.165) is 70.9 Å². The second kappa shape index (κ2) is 15.1. The summed E-state index contributed by atoms with van der Waals surface area (Å²) in [6.45, 7) is 2.08. The molecule has 8 aromatic rings. The molecule has 0 amide bonds. The highest BCUT2D eigenvalue weighted by molar-refractivity contribution is 14.1. The molecule has 9 heterocycles. The lowest BCUT2D eigenvalue weighted by atomic mass is 10.0. The van der Waals surface area contributed by atoms with Gasteiger partial charge in [0, 0.05) is 66.5 Å². The Hall–Kier alpha value is -3.73. The van der Waals surface area contributed by atoms with Crippen LogP contribution in [0.2, 0.25) is 0 Å². The number of thiophene rings is 2. The molecule has 1 aliphatic rings. The van der Waals surface area contributed by atoms with Crippen molar-refractivity contribution in [3.05, 3.63) is 54.0 Å². The number of nitrogens with one attached hydrogen (secondary N) is 1. The number of hydrogen-bond acceptors (Lipinski definition) is 16. The average molecular weight is 939 g/mol. The van der Waals surface area contributed by atoms with E-state index in [9.17, 15) is 8.42 Å². The van der Waals surface area contributed by atoms with Crippen LogP contribution in [-0.2, 0) is 21.6 Å². The molecule has 272 valence electrons. The smallest absolute Gasteiger partial charge is 0.142 e. The molecule has 0 aromatic carbocycles. The molecule has 0 bridgehead atoms. The van der Waals surface area contributed by atoms with E-state index in [2.05, 4.69) is 49.8 Å². The van der Waals surface area contributed by atoms with Gasteiger partial charge in [-0.3, -0.25) is 18.4 Å². The van der Waals surface area contributed by atoms with E-state index in [1.54, 1.807) is 24.8 Å². The van der Waals surface area contributed by atoms with Gasteiger partial charge >= 0.3 is 0 Å². The summed E-state index contributed by atoms with van der Waals surface area (Å²) in [6.07, 6.45) is 11.1. The van der Waals surface area contributed by atoms with Gasteiger partial charge in [-0.2, -0.15) is 0 Å². The summed E-state index contributed by atoms with van der Waals surface area (Å²) >= 11 is 8.09. The molecular formula is C35H27IN10O2S6. The number of unbranched alkanes of at least 4 members (excludes halogenated alkanes) is 1. The van der Waals surface area contributed by atoms with Crippen LogP contribution in [-0.4, -0.2) is 64.2 Å². The molecule has 2 atom stereocenters. The third kappa shape index (κ3) is 6.45. The first-order chi connectivity index (χ1) is 26.4. The predicted molar refractivity (Wildman–Crippen MR) is 231 cm³/mol. The van der Waals surface area contributed by atoms with Crippen molar-refractivity contribution in [2.24, 2.45) is 0 Å². The van der Waals surface area contributed by atoms with E-state index in [1.807, 2.05) is 22.9 Å². The molecule has 3 N–H and O–H groups in total. The molecule has 8 aromatic heterocycles. The first-order valence-electron chi connectivity index (χ1n) is 16.7. The van der Waals surface area contributed by atoms with E-state index in [1.165, 1.54) is 51.7 Å². The van der Waals surface area contributed by atoms with Crippen LogP contribution in [0.25, 0.3) is 75.6 Å². The normalized spacial score (nSPS) is 13.3. The first-order valence-corrected chi connectivity index (χ1v) is 24.3. The van der Waals surface area contributed by atoms with Gasteiger partial charge in [0.05, 0.1) is 51.1 Å². The molecule has 0 spiro atoms. The van der Waals surface area contributed by atoms with Gasteiger partial charge in [-0.15, -0.1) is 45.3 Å². The maximum atomic E-state index is 13.4. The Bertz CT molecular complexity index is 2750. The Morgan fingerprint density at radius 1 is 0.759 bits per heavy atom. The monoisotopic (exact) mass is 938 g/mol. The van der Waals surface area contributed by atoms with Crippen molar-refractivity contribution in [2.75, 3.05) is 27.0 Å². The van der Waals surface area contributed by atoms with Gasteiger partial charge in [0.1, 0.15) is 63.0 Å². The SMILES string of the molecule is CCCCS(=O)c1sc2nc(-c3nccs3)cc(-c3cnc(-c4csc(-c5cc6c7c(c(S(=O)CCCI)sc7n5)Nc5ncncc5-6)n4)cn3)c2c1N. The molecule has 19 heteroatoms. The number of halogens is 1. The maximum absolute atomic E-state index is 13.4. The van der Waals surface area contributed by atoms with Gasteiger partial charge in [0.15, 0.2) is 0 Å². The summed E-state index contributed by atoms with van der Waals surface area (Å²) in [5.41, 5.74) is 13.8. The number of pyridine rings is 2. The van der Waals surface area contributed by atoms with Crippen molar-refractivity contribution in [1.29, 1.82) is 0 Å². The van der Waals surface area contributed by atoms with Crippen molar-refractivity contribution in [3.63, 3.8) is 0 Å². The second-order valence-corrected chi connectivity index (χ2v) is 20.5. The van der Waals surface area contributed by atoms with Crippen LogP contribution in [0, 0.1) is 0 Å². The zero-order valence-electron chi connectivity index (χ0n) is 28.2. The second-order valence-electron chi connectivity index (χ2n) is 12.1. The van der Waals surface area contributed by atoms with Crippen LogP contribution in [0.5, 0.6) is 0 Å². The summed E-state index contributed by atoms with van der Waals surface area (Å²) in [5, 5.41) is 10.4. The Labute approximate surface area is 343 Å². The van der Waals surface area contributed by atoms with Gasteiger partial charge in [-0.05, 0) is 25.0 Å². The van der Waals surface area contributed by atoms with Crippen molar-refractivity contribution >= 4 is 127 Å². The highest BCUT2D eigenvalue weighted by Gasteiger charge is 2.29. The minimum atomic E-state index is -1.23. The van der Waals surface area contributed by atoms with Crippen LogP contribution >= 0.6 is 67.9 Å². The number of rotatable bonds is 12. The fourth-order valence-electron chi connectivity index (χ4n) is 6.10. The number of nitrogen functional groups attached to an aromatic ring is 1. The van der Waals surface area contributed by atoms with Crippen LogP contribution in [0.4, 0.5) is 17.2 Å². The molecule has 9 rings (SSSR count). The summed E-state index contributed by atoms with van der Waals surface area (Å²) < 4.78 is 29.0. The highest BCUT2D eigenvalue weighted by Crippen LogP contribution is 2.50. The van der Waals surface area contributed by atoms with Crippen molar-refractivity contribution in [1.82, 2.24) is 39.9 Å². The zero-order chi connectivity index (χ0) is 36.9. The third-order valence-corrected chi connectivity index (χ3v) is 17.0. The lowest BCUT2D eigenvalue weighted by Gasteiger charge is -2.18. The van der Waals surface area contributed by atoms with Crippen LogP contribution in [0.15, 0.2) is 62.4 Å². The summed E-state index contributed by atoms with van der Waals surface area (Å²) in [5.74, 6) is 1.80.